The maximum absolute atomic E-state index is 3.40. The molecule has 1 N–H and O–H groups in total. The van der Waals surface area contributed by atoms with Gasteiger partial charge in [0.05, 0.1) is 0 Å². The molecule has 1 heterocycles. The largest absolute Gasteiger partial charge is 0.312 e. The Kier molecular flexibility index (Phi) is 2.36. The maximum atomic E-state index is 3.40. The molecule has 0 fully saturated rings. The van der Waals surface area contributed by atoms with Crippen LogP contribution in [0.4, 0.5) is 0 Å². The van der Waals surface area contributed by atoms with Crippen molar-refractivity contribution in [1.82, 2.24) is 5.32 Å². The van der Waals surface area contributed by atoms with E-state index >= 15 is 0 Å². The summed E-state index contributed by atoms with van der Waals surface area (Å²) < 4.78 is 0. The van der Waals surface area contributed by atoms with Gasteiger partial charge in [0.15, 0.2) is 0 Å². The zero-order valence-corrected chi connectivity index (χ0v) is 9.35. The van der Waals surface area contributed by atoms with Gasteiger partial charge in [0.25, 0.3) is 0 Å². The lowest BCUT2D eigenvalue weighted by Crippen LogP contribution is -2.24. The lowest BCUT2D eigenvalue weighted by Gasteiger charge is -2.23. The topological polar surface area (TPSA) is 12.0 Å². The molecule has 1 heteroatoms. The summed E-state index contributed by atoms with van der Waals surface area (Å²) in [5.41, 5.74) is 4.75. The van der Waals surface area contributed by atoms with Gasteiger partial charge in [-0.25, -0.2) is 0 Å². The Morgan fingerprint density at radius 2 is 1.93 bits per heavy atom. The van der Waals surface area contributed by atoms with Crippen LogP contribution in [-0.2, 0) is 18.4 Å². The third kappa shape index (κ3) is 1.83. The van der Waals surface area contributed by atoms with Gasteiger partial charge in [-0.1, -0.05) is 39.0 Å². The van der Waals surface area contributed by atoms with Crippen molar-refractivity contribution in [2.45, 2.75) is 39.2 Å². The van der Waals surface area contributed by atoms with Crippen LogP contribution >= 0.6 is 0 Å². The zero-order valence-electron chi connectivity index (χ0n) is 9.35. The van der Waals surface area contributed by atoms with E-state index in [2.05, 4.69) is 44.3 Å². The summed E-state index contributed by atoms with van der Waals surface area (Å²) in [4.78, 5) is 0. The van der Waals surface area contributed by atoms with Crippen LogP contribution < -0.4 is 5.32 Å². The molecule has 0 saturated heterocycles. The van der Waals surface area contributed by atoms with Crippen LogP contribution in [0, 0.1) is 0 Å². The normalized spacial score (nSPS) is 16.5. The highest BCUT2D eigenvalue weighted by Gasteiger charge is 2.16. The molecular weight excluding hydrogens is 170 g/mol. The molecule has 0 amide bonds. The van der Waals surface area contributed by atoms with E-state index in [4.69, 9.17) is 0 Å². The smallest absolute Gasteiger partial charge is 0.0208 e. The summed E-state index contributed by atoms with van der Waals surface area (Å²) in [6.07, 6.45) is 1.18. The molecule has 1 aromatic carbocycles. The highest BCUT2D eigenvalue weighted by molar-refractivity contribution is 5.36. The zero-order chi connectivity index (χ0) is 10.2. The fourth-order valence-electron chi connectivity index (χ4n) is 1.94. The first-order valence-corrected chi connectivity index (χ1v) is 5.40. The van der Waals surface area contributed by atoms with Gasteiger partial charge in [0.1, 0.15) is 0 Å². The molecule has 0 aliphatic carbocycles. The molecule has 2 rings (SSSR count). The third-order valence-corrected chi connectivity index (χ3v) is 2.96. The van der Waals surface area contributed by atoms with Crippen LogP contribution in [0.15, 0.2) is 18.2 Å². The second-order valence-corrected chi connectivity index (χ2v) is 5.16. The summed E-state index contributed by atoms with van der Waals surface area (Å²) in [5.74, 6) is 0. The summed E-state index contributed by atoms with van der Waals surface area (Å²) in [5, 5.41) is 3.40. The number of benzene rings is 1. The molecule has 0 radical (unpaired) electrons. The molecule has 0 bridgehead atoms. The highest BCUT2D eigenvalue weighted by atomic mass is 14.9. The molecule has 1 aliphatic rings. The predicted octanol–water partition coefficient (Wildman–Crippen LogP) is 2.63. The second kappa shape index (κ2) is 3.39. The van der Waals surface area contributed by atoms with Crippen LogP contribution in [0.5, 0.6) is 0 Å². The third-order valence-electron chi connectivity index (χ3n) is 2.96. The van der Waals surface area contributed by atoms with E-state index in [-0.39, 0.29) is 5.41 Å². The molecule has 76 valence electrons. The second-order valence-electron chi connectivity index (χ2n) is 5.16. The molecule has 0 unspecified atom stereocenters. The monoisotopic (exact) mass is 189 g/mol. The van der Waals surface area contributed by atoms with E-state index < -0.39 is 0 Å². The lowest BCUT2D eigenvalue weighted by molar-refractivity contribution is 0.583. The minimum absolute atomic E-state index is 0.278. The summed E-state index contributed by atoms with van der Waals surface area (Å²) in [7, 11) is 0. The molecule has 0 atom stereocenters. The highest BCUT2D eigenvalue weighted by Crippen LogP contribution is 2.25. The van der Waals surface area contributed by atoms with Crippen LogP contribution in [0.3, 0.4) is 0 Å². The first-order valence-electron chi connectivity index (χ1n) is 5.40. The van der Waals surface area contributed by atoms with Crippen molar-refractivity contribution in [3.63, 3.8) is 0 Å². The van der Waals surface area contributed by atoms with Crippen molar-refractivity contribution in [2.24, 2.45) is 0 Å². The van der Waals surface area contributed by atoms with Crippen molar-refractivity contribution in [2.75, 3.05) is 6.54 Å². The quantitative estimate of drug-likeness (QED) is 0.661. The Balaban J connectivity index is 2.39. The van der Waals surface area contributed by atoms with E-state index in [0.29, 0.717) is 0 Å². The summed E-state index contributed by atoms with van der Waals surface area (Å²) in [6.45, 7) is 8.99. The Bertz CT molecular complexity index is 334. The van der Waals surface area contributed by atoms with Gasteiger partial charge in [-0.3, -0.25) is 0 Å². The predicted molar refractivity (Wildman–Crippen MR) is 60.6 cm³/mol. The lowest BCUT2D eigenvalue weighted by atomic mass is 9.84. The molecule has 1 aliphatic heterocycles. The SMILES string of the molecule is CC(C)(C)c1ccc2c(c1)CCNC2. The van der Waals surface area contributed by atoms with Crippen LogP contribution in [0.1, 0.15) is 37.5 Å². The van der Waals surface area contributed by atoms with Crippen LogP contribution in [0.2, 0.25) is 0 Å². The summed E-state index contributed by atoms with van der Waals surface area (Å²) in [6, 6.07) is 6.93. The van der Waals surface area contributed by atoms with E-state index in [9.17, 15) is 0 Å². The van der Waals surface area contributed by atoms with Crippen LogP contribution in [0.25, 0.3) is 0 Å². The van der Waals surface area contributed by atoms with Gasteiger partial charge in [-0.05, 0) is 35.1 Å². The molecule has 0 spiro atoms. The number of rotatable bonds is 0. The first kappa shape index (κ1) is 9.72. The molecular formula is C13H19N. The number of hydrogen-bond acceptors (Lipinski definition) is 1. The van der Waals surface area contributed by atoms with Crippen molar-refractivity contribution < 1.29 is 0 Å². The average Bonchev–Trinajstić information content (AvgIpc) is 2.16. The molecule has 14 heavy (non-hydrogen) atoms. The Labute approximate surface area is 86.5 Å². The molecule has 0 saturated carbocycles. The van der Waals surface area contributed by atoms with Crippen LogP contribution in [-0.4, -0.2) is 6.54 Å². The van der Waals surface area contributed by atoms with E-state index in [1.807, 2.05) is 0 Å². The number of hydrogen-bond donors (Lipinski definition) is 1. The fourth-order valence-corrected chi connectivity index (χ4v) is 1.94. The maximum Gasteiger partial charge on any atom is 0.0208 e. The Morgan fingerprint density at radius 1 is 1.14 bits per heavy atom. The number of nitrogens with one attached hydrogen (secondary N) is 1. The van der Waals surface area contributed by atoms with Gasteiger partial charge in [0.2, 0.25) is 0 Å². The van der Waals surface area contributed by atoms with E-state index in [1.54, 1.807) is 0 Å². The standard InChI is InChI=1S/C13H19N/c1-13(2,3)12-5-4-11-9-14-7-6-10(11)8-12/h4-5,8,14H,6-7,9H2,1-3H3. The van der Waals surface area contributed by atoms with Gasteiger partial charge in [-0.15, -0.1) is 0 Å². The Hall–Kier alpha value is -0.820. The van der Waals surface area contributed by atoms with Crippen molar-refractivity contribution >= 4 is 0 Å². The molecule has 0 aromatic heterocycles. The Morgan fingerprint density at radius 3 is 2.64 bits per heavy atom. The van der Waals surface area contributed by atoms with E-state index in [1.165, 1.54) is 23.1 Å². The average molecular weight is 189 g/mol. The van der Waals surface area contributed by atoms with Crippen molar-refractivity contribution in [1.29, 1.82) is 0 Å². The summed E-state index contributed by atoms with van der Waals surface area (Å²) >= 11 is 0. The first-order chi connectivity index (χ1) is 6.57. The minimum Gasteiger partial charge on any atom is -0.312 e. The van der Waals surface area contributed by atoms with Gasteiger partial charge < -0.3 is 5.32 Å². The van der Waals surface area contributed by atoms with E-state index in [0.717, 1.165) is 13.1 Å². The minimum atomic E-state index is 0.278. The molecule has 1 nitrogen and oxygen atoms in total. The van der Waals surface area contributed by atoms with Crippen molar-refractivity contribution in [3.05, 3.63) is 34.9 Å². The fraction of sp³-hybridized carbons (Fsp3) is 0.538. The number of fused-ring (bicyclic) bond motifs is 1. The van der Waals surface area contributed by atoms with Crippen molar-refractivity contribution in [3.8, 4) is 0 Å². The van der Waals surface area contributed by atoms with Gasteiger partial charge in [-0.2, -0.15) is 0 Å². The van der Waals surface area contributed by atoms with Gasteiger partial charge in [0, 0.05) is 6.54 Å². The van der Waals surface area contributed by atoms with Gasteiger partial charge >= 0.3 is 0 Å². The molecule has 1 aromatic rings.